The van der Waals surface area contributed by atoms with Crippen molar-refractivity contribution >= 4 is 11.3 Å². The average molecular weight is 243 g/mol. The van der Waals surface area contributed by atoms with Gasteiger partial charge in [-0.3, -0.25) is 4.98 Å². The minimum Gasteiger partial charge on any atom is -0.265 e. The first-order chi connectivity index (χ1) is 8.26. The Hall–Kier alpha value is -1.73. The molecule has 17 heavy (non-hydrogen) atoms. The Balaban J connectivity index is 2.41. The summed E-state index contributed by atoms with van der Waals surface area (Å²) < 4.78 is 0. The SMILES string of the molecule is CCC(C#N)c1sc(-c2ccncc2)nc1C. The van der Waals surface area contributed by atoms with Gasteiger partial charge in [-0.05, 0) is 25.5 Å². The fourth-order valence-electron chi connectivity index (χ4n) is 1.68. The quantitative estimate of drug-likeness (QED) is 0.828. The van der Waals surface area contributed by atoms with Gasteiger partial charge in [-0.1, -0.05) is 6.92 Å². The average Bonchev–Trinajstić information content (AvgIpc) is 2.75. The van der Waals surface area contributed by atoms with Crippen molar-refractivity contribution in [1.29, 1.82) is 5.26 Å². The fraction of sp³-hybridized carbons (Fsp3) is 0.308. The summed E-state index contributed by atoms with van der Waals surface area (Å²) in [4.78, 5) is 9.61. The lowest BCUT2D eigenvalue weighted by atomic mass is 10.1. The van der Waals surface area contributed by atoms with Crippen LogP contribution in [-0.4, -0.2) is 9.97 Å². The van der Waals surface area contributed by atoms with E-state index in [4.69, 9.17) is 5.26 Å². The van der Waals surface area contributed by atoms with Crippen LogP contribution in [0.25, 0.3) is 10.6 Å². The van der Waals surface area contributed by atoms with Crippen LogP contribution in [0.3, 0.4) is 0 Å². The smallest absolute Gasteiger partial charge is 0.124 e. The van der Waals surface area contributed by atoms with Gasteiger partial charge in [0.1, 0.15) is 5.01 Å². The van der Waals surface area contributed by atoms with Crippen LogP contribution in [0.5, 0.6) is 0 Å². The van der Waals surface area contributed by atoms with Gasteiger partial charge in [0.15, 0.2) is 0 Å². The highest BCUT2D eigenvalue weighted by molar-refractivity contribution is 7.15. The summed E-state index contributed by atoms with van der Waals surface area (Å²) in [6, 6.07) is 6.21. The molecule has 2 aromatic heterocycles. The summed E-state index contributed by atoms with van der Waals surface area (Å²) >= 11 is 1.61. The highest BCUT2D eigenvalue weighted by Crippen LogP contribution is 2.33. The van der Waals surface area contributed by atoms with Gasteiger partial charge < -0.3 is 0 Å². The Kier molecular flexibility index (Phi) is 3.50. The summed E-state index contributed by atoms with van der Waals surface area (Å²) in [7, 11) is 0. The number of rotatable bonds is 3. The van der Waals surface area contributed by atoms with Crippen molar-refractivity contribution in [2.75, 3.05) is 0 Å². The topological polar surface area (TPSA) is 49.6 Å². The molecule has 0 aliphatic heterocycles. The zero-order chi connectivity index (χ0) is 12.3. The van der Waals surface area contributed by atoms with Crippen LogP contribution in [-0.2, 0) is 0 Å². The molecule has 1 unspecified atom stereocenters. The third-order valence-electron chi connectivity index (χ3n) is 2.64. The van der Waals surface area contributed by atoms with E-state index in [0.717, 1.165) is 27.6 Å². The van der Waals surface area contributed by atoms with Crippen LogP contribution in [0.1, 0.15) is 29.8 Å². The summed E-state index contributed by atoms with van der Waals surface area (Å²) in [5, 5.41) is 10.1. The van der Waals surface area contributed by atoms with Gasteiger partial charge in [-0.2, -0.15) is 5.26 Å². The van der Waals surface area contributed by atoms with E-state index in [2.05, 4.69) is 16.0 Å². The molecule has 0 spiro atoms. The lowest BCUT2D eigenvalue weighted by Crippen LogP contribution is -1.92. The van der Waals surface area contributed by atoms with E-state index < -0.39 is 0 Å². The summed E-state index contributed by atoms with van der Waals surface area (Å²) in [6.07, 6.45) is 4.34. The molecule has 0 aliphatic rings. The molecule has 0 saturated carbocycles. The normalized spacial score (nSPS) is 12.1. The Morgan fingerprint density at radius 2 is 2.12 bits per heavy atom. The molecule has 0 amide bonds. The van der Waals surface area contributed by atoms with Crippen LogP contribution in [0.4, 0.5) is 0 Å². The lowest BCUT2D eigenvalue weighted by molar-refractivity contribution is 0.824. The van der Waals surface area contributed by atoms with Gasteiger partial charge >= 0.3 is 0 Å². The van der Waals surface area contributed by atoms with E-state index in [-0.39, 0.29) is 5.92 Å². The van der Waals surface area contributed by atoms with Crippen molar-refractivity contribution in [3.05, 3.63) is 35.1 Å². The molecule has 0 N–H and O–H groups in total. The zero-order valence-electron chi connectivity index (χ0n) is 9.84. The molecule has 3 nitrogen and oxygen atoms in total. The number of nitriles is 1. The molecule has 0 radical (unpaired) electrons. The van der Waals surface area contributed by atoms with Crippen LogP contribution in [0.2, 0.25) is 0 Å². The second-order valence-electron chi connectivity index (χ2n) is 3.79. The molecule has 0 saturated heterocycles. The first-order valence-electron chi connectivity index (χ1n) is 5.53. The molecule has 2 rings (SSSR count). The van der Waals surface area contributed by atoms with Gasteiger partial charge in [0.25, 0.3) is 0 Å². The fourth-order valence-corrected chi connectivity index (χ4v) is 2.88. The van der Waals surface area contributed by atoms with Gasteiger partial charge in [0, 0.05) is 22.8 Å². The standard InChI is InChI=1S/C13H13N3S/c1-3-10(8-14)12-9(2)16-13(17-12)11-4-6-15-7-5-11/h4-7,10H,3H2,1-2H3. The molecule has 0 fully saturated rings. The van der Waals surface area contributed by atoms with Crippen molar-refractivity contribution in [3.63, 3.8) is 0 Å². The number of nitrogens with zero attached hydrogens (tertiary/aromatic N) is 3. The largest absolute Gasteiger partial charge is 0.265 e. The highest BCUT2D eigenvalue weighted by atomic mass is 32.1. The minimum absolute atomic E-state index is 0.0388. The molecule has 0 aliphatic carbocycles. The summed E-state index contributed by atoms with van der Waals surface area (Å²) in [5.74, 6) is -0.0388. The molecule has 0 aromatic carbocycles. The van der Waals surface area contributed by atoms with Crippen molar-refractivity contribution in [2.24, 2.45) is 0 Å². The van der Waals surface area contributed by atoms with Crippen molar-refractivity contribution in [3.8, 4) is 16.6 Å². The van der Waals surface area contributed by atoms with Gasteiger partial charge in [-0.25, -0.2) is 4.98 Å². The number of aromatic nitrogens is 2. The number of hydrogen-bond acceptors (Lipinski definition) is 4. The zero-order valence-corrected chi connectivity index (χ0v) is 10.7. The van der Waals surface area contributed by atoms with Crippen LogP contribution in [0, 0.1) is 18.3 Å². The maximum absolute atomic E-state index is 9.10. The molecule has 86 valence electrons. The van der Waals surface area contributed by atoms with Gasteiger partial charge in [0.05, 0.1) is 17.7 Å². The second-order valence-corrected chi connectivity index (χ2v) is 4.83. The van der Waals surface area contributed by atoms with E-state index in [1.54, 1.807) is 23.7 Å². The number of hydrogen-bond donors (Lipinski definition) is 0. The molecular weight excluding hydrogens is 230 g/mol. The summed E-state index contributed by atoms with van der Waals surface area (Å²) in [5.41, 5.74) is 2.03. The van der Waals surface area contributed by atoms with Crippen LogP contribution in [0.15, 0.2) is 24.5 Å². The Bertz CT molecular complexity index is 540. The Morgan fingerprint density at radius 1 is 1.41 bits per heavy atom. The third-order valence-corrected chi connectivity index (χ3v) is 3.96. The predicted molar refractivity (Wildman–Crippen MR) is 68.7 cm³/mol. The minimum atomic E-state index is -0.0388. The molecule has 1 atom stereocenters. The molecular formula is C13H13N3S. The van der Waals surface area contributed by atoms with E-state index in [0.29, 0.717) is 0 Å². The van der Waals surface area contributed by atoms with Crippen LogP contribution < -0.4 is 0 Å². The number of aryl methyl sites for hydroxylation is 1. The molecule has 2 aromatic rings. The molecule has 2 heterocycles. The number of pyridine rings is 1. The van der Waals surface area contributed by atoms with Crippen molar-refractivity contribution < 1.29 is 0 Å². The first kappa shape index (κ1) is 11.7. The van der Waals surface area contributed by atoms with Crippen molar-refractivity contribution in [2.45, 2.75) is 26.2 Å². The lowest BCUT2D eigenvalue weighted by Gasteiger charge is -2.01. The Labute approximate surface area is 105 Å². The maximum Gasteiger partial charge on any atom is 0.124 e. The predicted octanol–water partition coefficient (Wildman–Crippen LogP) is 3.53. The van der Waals surface area contributed by atoms with E-state index in [1.165, 1.54) is 0 Å². The summed E-state index contributed by atoms with van der Waals surface area (Å²) in [6.45, 7) is 4.00. The van der Waals surface area contributed by atoms with Crippen molar-refractivity contribution in [1.82, 2.24) is 9.97 Å². The monoisotopic (exact) mass is 243 g/mol. The second kappa shape index (κ2) is 5.07. The molecule has 0 bridgehead atoms. The first-order valence-corrected chi connectivity index (χ1v) is 6.35. The van der Waals surface area contributed by atoms with Crippen LogP contribution >= 0.6 is 11.3 Å². The van der Waals surface area contributed by atoms with E-state index in [9.17, 15) is 0 Å². The molecule has 4 heteroatoms. The maximum atomic E-state index is 9.10. The Morgan fingerprint density at radius 3 is 2.71 bits per heavy atom. The van der Waals surface area contributed by atoms with E-state index >= 15 is 0 Å². The third kappa shape index (κ3) is 2.34. The number of thiazole rings is 1. The highest BCUT2D eigenvalue weighted by Gasteiger charge is 2.16. The van der Waals surface area contributed by atoms with Gasteiger partial charge in [0.2, 0.25) is 0 Å². The van der Waals surface area contributed by atoms with E-state index in [1.807, 2.05) is 26.0 Å². The van der Waals surface area contributed by atoms with Gasteiger partial charge in [-0.15, -0.1) is 11.3 Å².